The molecule has 0 bridgehead atoms. The molecular formula is C37H36ClN3O3. The molecule has 0 aliphatic carbocycles. The second-order valence-electron chi connectivity index (χ2n) is 11.3. The van der Waals surface area contributed by atoms with Crippen LogP contribution in [-0.4, -0.2) is 48.5 Å². The van der Waals surface area contributed by atoms with Gasteiger partial charge in [0.05, 0.1) is 19.0 Å². The van der Waals surface area contributed by atoms with Crippen LogP contribution in [0.3, 0.4) is 0 Å². The fourth-order valence-corrected chi connectivity index (χ4v) is 6.41. The zero-order valence-electron chi connectivity index (χ0n) is 25.3. The minimum atomic E-state index is -0.167. The van der Waals surface area contributed by atoms with E-state index in [0.29, 0.717) is 22.9 Å². The summed E-state index contributed by atoms with van der Waals surface area (Å²) < 4.78 is 7.19. The van der Waals surface area contributed by atoms with Crippen molar-refractivity contribution in [3.05, 3.63) is 124 Å². The molecule has 0 spiro atoms. The lowest BCUT2D eigenvalue weighted by Crippen LogP contribution is -2.31. The molecule has 44 heavy (non-hydrogen) atoms. The highest BCUT2D eigenvalue weighted by Crippen LogP contribution is 2.36. The van der Waals surface area contributed by atoms with E-state index in [0.717, 1.165) is 48.0 Å². The minimum Gasteiger partial charge on any atom is -0.497 e. The molecule has 5 aromatic rings. The molecule has 7 heteroatoms. The van der Waals surface area contributed by atoms with Crippen molar-refractivity contribution < 1.29 is 14.3 Å². The number of hydrogen-bond acceptors (Lipinski definition) is 4. The number of para-hydroxylation sites is 2. The average molecular weight is 606 g/mol. The lowest BCUT2D eigenvalue weighted by Gasteiger charge is -2.28. The molecule has 0 atom stereocenters. The third-order valence-electron chi connectivity index (χ3n) is 8.69. The van der Waals surface area contributed by atoms with Gasteiger partial charge in [-0.15, -0.1) is 0 Å². The van der Waals surface area contributed by atoms with Gasteiger partial charge in [-0.3, -0.25) is 14.2 Å². The zero-order chi connectivity index (χ0) is 30.8. The van der Waals surface area contributed by atoms with E-state index in [1.807, 2.05) is 32.2 Å². The number of fused-ring (bicyclic) bond motifs is 3. The first-order valence-corrected chi connectivity index (χ1v) is 15.4. The van der Waals surface area contributed by atoms with Crippen LogP contribution in [0.15, 0.2) is 91.0 Å². The van der Waals surface area contributed by atoms with E-state index in [-0.39, 0.29) is 18.2 Å². The Bertz CT molecular complexity index is 1800. The van der Waals surface area contributed by atoms with Gasteiger partial charge in [-0.2, -0.15) is 0 Å². The lowest BCUT2D eigenvalue weighted by atomic mass is 10.0. The van der Waals surface area contributed by atoms with Crippen molar-refractivity contribution in [2.24, 2.45) is 0 Å². The molecule has 1 aliphatic rings. The highest BCUT2D eigenvalue weighted by atomic mass is 35.5. The smallest absolute Gasteiger partial charge is 0.262 e. The van der Waals surface area contributed by atoms with E-state index < -0.39 is 0 Å². The molecule has 0 saturated heterocycles. The summed E-state index contributed by atoms with van der Waals surface area (Å²) in [7, 11) is 3.48. The number of carbonyl (C=O) groups excluding carboxylic acids is 2. The molecule has 6 rings (SSSR count). The lowest BCUT2D eigenvalue weighted by molar-refractivity contribution is -0.129. The summed E-state index contributed by atoms with van der Waals surface area (Å²) in [6.45, 7) is 3.32. The molecule has 4 aromatic carbocycles. The Labute approximate surface area is 263 Å². The van der Waals surface area contributed by atoms with Crippen LogP contribution >= 0.6 is 11.6 Å². The summed E-state index contributed by atoms with van der Waals surface area (Å²) >= 11 is 6.07. The van der Waals surface area contributed by atoms with Crippen LogP contribution in [0.5, 0.6) is 5.75 Å². The van der Waals surface area contributed by atoms with Crippen LogP contribution in [0, 0.1) is 6.92 Å². The number of ether oxygens (including phenoxy) is 1. The zero-order valence-corrected chi connectivity index (χ0v) is 26.1. The third kappa shape index (κ3) is 5.70. The fraction of sp³-hybridized carbons (Fsp3) is 0.243. The van der Waals surface area contributed by atoms with Gasteiger partial charge in [0.25, 0.3) is 5.91 Å². The molecule has 0 radical (unpaired) electrons. The Hall–Kier alpha value is -4.55. The molecule has 0 unspecified atom stereocenters. The number of amides is 1. The molecule has 1 amide bonds. The topological polar surface area (TPSA) is 54.8 Å². The molecule has 1 aliphatic heterocycles. The molecule has 2 heterocycles. The number of aryl methyl sites for hydroxylation is 2. The maximum atomic E-state index is 13.7. The Morgan fingerprint density at radius 3 is 2.16 bits per heavy atom. The predicted octanol–water partition coefficient (Wildman–Crippen LogP) is 7.63. The summed E-state index contributed by atoms with van der Waals surface area (Å²) in [6, 6.07) is 29.7. The van der Waals surface area contributed by atoms with Gasteiger partial charge >= 0.3 is 0 Å². The molecular weight excluding hydrogens is 570 g/mol. The number of nitrogens with zero attached hydrogens (tertiary/aromatic N) is 3. The molecule has 224 valence electrons. The first-order valence-electron chi connectivity index (χ1n) is 15.0. The van der Waals surface area contributed by atoms with Crippen molar-refractivity contribution in [3.63, 3.8) is 0 Å². The Kier molecular flexibility index (Phi) is 8.45. The number of anilines is 2. The second-order valence-corrected chi connectivity index (χ2v) is 11.8. The van der Waals surface area contributed by atoms with Crippen LogP contribution in [0.25, 0.3) is 10.9 Å². The second kappa shape index (κ2) is 12.6. The third-order valence-corrected chi connectivity index (χ3v) is 8.95. The van der Waals surface area contributed by atoms with Gasteiger partial charge in [0.15, 0.2) is 0 Å². The molecule has 0 fully saturated rings. The Balaban J connectivity index is 1.22. The number of carbonyl (C=O) groups is 2. The fourth-order valence-electron chi connectivity index (χ4n) is 6.28. The van der Waals surface area contributed by atoms with Gasteiger partial charge in [0.2, 0.25) is 5.91 Å². The monoisotopic (exact) mass is 605 g/mol. The van der Waals surface area contributed by atoms with Crippen LogP contribution in [-0.2, 0) is 24.1 Å². The van der Waals surface area contributed by atoms with E-state index in [2.05, 4.69) is 53.4 Å². The summed E-state index contributed by atoms with van der Waals surface area (Å²) in [5.74, 6) is 0.513. The number of methoxy groups -OCH3 is 1. The maximum Gasteiger partial charge on any atom is 0.262 e. The number of hydrogen-bond donors (Lipinski definition) is 0. The van der Waals surface area contributed by atoms with Gasteiger partial charge in [-0.1, -0.05) is 48.0 Å². The highest BCUT2D eigenvalue weighted by Gasteiger charge is 2.24. The van der Waals surface area contributed by atoms with Crippen LogP contribution in [0.4, 0.5) is 11.4 Å². The first-order chi connectivity index (χ1) is 21.4. The largest absolute Gasteiger partial charge is 0.497 e. The standard InChI is InChI=1S/C37H36ClN3O3/c1-25-31(32-23-30(44-3)19-20-35(32)41(25)37(43)28-15-17-29(38)18-16-28)24-36(42)39(2)21-8-22-40-33-11-6-4-9-26(33)13-14-27-10-5-7-12-34(27)40/h4-7,9-12,15-20,23H,8,13-14,21-22,24H2,1-3H3. The quantitative estimate of drug-likeness (QED) is 0.182. The van der Waals surface area contributed by atoms with Crippen molar-refractivity contribution in [1.29, 1.82) is 0 Å². The number of aromatic nitrogens is 1. The Morgan fingerprint density at radius 2 is 1.52 bits per heavy atom. The van der Waals surface area contributed by atoms with E-state index in [9.17, 15) is 9.59 Å². The van der Waals surface area contributed by atoms with Crippen molar-refractivity contribution >= 4 is 45.7 Å². The summed E-state index contributed by atoms with van der Waals surface area (Å²) in [4.78, 5) is 31.5. The number of benzene rings is 4. The molecule has 0 saturated carbocycles. The van der Waals surface area contributed by atoms with Crippen LogP contribution < -0.4 is 9.64 Å². The van der Waals surface area contributed by atoms with Crippen molar-refractivity contribution in [1.82, 2.24) is 9.47 Å². The van der Waals surface area contributed by atoms with Crippen molar-refractivity contribution in [2.45, 2.75) is 32.6 Å². The van der Waals surface area contributed by atoms with Crippen molar-refractivity contribution in [2.75, 3.05) is 32.1 Å². The highest BCUT2D eigenvalue weighted by molar-refractivity contribution is 6.30. The summed E-state index contributed by atoms with van der Waals surface area (Å²) in [5.41, 5.74) is 8.03. The molecule has 1 aromatic heterocycles. The van der Waals surface area contributed by atoms with E-state index in [1.165, 1.54) is 22.5 Å². The molecule has 0 N–H and O–H groups in total. The van der Waals surface area contributed by atoms with Gasteiger partial charge in [-0.05, 0) is 97.5 Å². The summed E-state index contributed by atoms with van der Waals surface area (Å²) in [6.07, 6.45) is 3.03. The van der Waals surface area contributed by atoms with Gasteiger partial charge in [-0.25, -0.2) is 0 Å². The van der Waals surface area contributed by atoms with Gasteiger partial charge in [0, 0.05) is 53.2 Å². The SMILES string of the molecule is COc1ccc2c(c1)c(CC(=O)N(C)CCCN1c3ccccc3CCc3ccccc31)c(C)n2C(=O)c1ccc(Cl)cc1. The molecule has 6 nitrogen and oxygen atoms in total. The van der Waals surface area contributed by atoms with Crippen LogP contribution in [0.1, 0.15) is 39.2 Å². The van der Waals surface area contributed by atoms with E-state index in [1.54, 1.807) is 40.8 Å². The number of likely N-dealkylation sites (N-methyl/N-ethyl adjacent to an activating group) is 1. The van der Waals surface area contributed by atoms with Crippen LogP contribution in [0.2, 0.25) is 5.02 Å². The minimum absolute atomic E-state index is 0.00517. The predicted molar refractivity (Wildman–Crippen MR) is 178 cm³/mol. The summed E-state index contributed by atoms with van der Waals surface area (Å²) in [5, 5.41) is 1.41. The number of halogens is 1. The van der Waals surface area contributed by atoms with E-state index in [4.69, 9.17) is 16.3 Å². The average Bonchev–Trinajstić information content (AvgIpc) is 3.21. The van der Waals surface area contributed by atoms with Crippen molar-refractivity contribution in [3.8, 4) is 5.75 Å². The van der Waals surface area contributed by atoms with E-state index >= 15 is 0 Å². The normalized spacial score (nSPS) is 12.4. The number of rotatable bonds is 8. The first kappa shape index (κ1) is 29.5. The van der Waals surface area contributed by atoms with Gasteiger partial charge < -0.3 is 14.5 Å². The van der Waals surface area contributed by atoms with Gasteiger partial charge in [0.1, 0.15) is 5.75 Å². The Morgan fingerprint density at radius 1 is 0.886 bits per heavy atom. The maximum absolute atomic E-state index is 13.7.